The van der Waals surface area contributed by atoms with Gasteiger partial charge in [0.05, 0.1) is 5.41 Å². The van der Waals surface area contributed by atoms with E-state index in [4.69, 9.17) is 0 Å². The normalized spacial score (nSPS) is 35.9. The monoisotopic (exact) mass is 297 g/mol. The molecule has 0 unspecified atom stereocenters. The van der Waals surface area contributed by atoms with Crippen molar-refractivity contribution < 1.29 is 4.79 Å². The van der Waals surface area contributed by atoms with Gasteiger partial charge in [-0.1, -0.05) is 32.0 Å². The highest BCUT2D eigenvalue weighted by molar-refractivity contribution is 5.96. The van der Waals surface area contributed by atoms with Crippen molar-refractivity contribution in [3.8, 4) is 0 Å². The Labute approximate surface area is 133 Å². The zero-order chi connectivity index (χ0) is 15.3. The summed E-state index contributed by atoms with van der Waals surface area (Å²) in [5.74, 6) is 3.19. The molecule has 0 heterocycles. The number of para-hydroxylation sites is 1. The standard InChI is InChI=1S/C20H27NO/c1-13(2)17-5-3-4-6-18(17)21-19(22)20-10-14-7-15(11-20)9-16(8-14)12-20/h3-6,13-16H,7-12H2,1-2H3,(H,21,22). The van der Waals surface area contributed by atoms with Crippen LogP contribution in [0.4, 0.5) is 5.69 Å². The second-order valence-corrected chi connectivity index (χ2v) is 8.39. The molecule has 0 saturated heterocycles. The third kappa shape index (κ3) is 2.28. The summed E-state index contributed by atoms with van der Waals surface area (Å²) < 4.78 is 0. The third-order valence-corrected chi connectivity index (χ3v) is 6.35. The van der Waals surface area contributed by atoms with E-state index >= 15 is 0 Å². The van der Waals surface area contributed by atoms with Gasteiger partial charge in [0, 0.05) is 5.69 Å². The van der Waals surface area contributed by atoms with Gasteiger partial charge in [0.25, 0.3) is 0 Å². The zero-order valence-electron chi connectivity index (χ0n) is 13.8. The Hall–Kier alpha value is -1.31. The SMILES string of the molecule is CC(C)c1ccccc1NC(=O)C12CC3CC(CC(C3)C1)C2. The summed E-state index contributed by atoms with van der Waals surface area (Å²) in [7, 11) is 0. The third-order valence-electron chi connectivity index (χ3n) is 6.35. The average molecular weight is 297 g/mol. The smallest absolute Gasteiger partial charge is 0.230 e. The quantitative estimate of drug-likeness (QED) is 0.839. The van der Waals surface area contributed by atoms with Crippen LogP contribution < -0.4 is 5.32 Å². The van der Waals surface area contributed by atoms with Crippen LogP contribution in [0.2, 0.25) is 0 Å². The average Bonchev–Trinajstić information content (AvgIpc) is 2.46. The molecule has 1 amide bonds. The molecule has 4 aliphatic rings. The lowest BCUT2D eigenvalue weighted by Crippen LogP contribution is -2.51. The number of benzene rings is 1. The maximum Gasteiger partial charge on any atom is 0.230 e. The fraction of sp³-hybridized carbons (Fsp3) is 0.650. The molecule has 1 N–H and O–H groups in total. The van der Waals surface area contributed by atoms with Crippen molar-refractivity contribution in [2.45, 2.75) is 58.3 Å². The second kappa shape index (κ2) is 5.11. The summed E-state index contributed by atoms with van der Waals surface area (Å²) in [6, 6.07) is 8.30. The summed E-state index contributed by atoms with van der Waals surface area (Å²) in [4.78, 5) is 13.1. The molecule has 0 aromatic heterocycles. The second-order valence-electron chi connectivity index (χ2n) is 8.39. The highest BCUT2D eigenvalue weighted by Gasteiger charge is 2.54. The molecule has 0 aliphatic heterocycles. The van der Waals surface area contributed by atoms with Gasteiger partial charge in [-0.15, -0.1) is 0 Å². The van der Waals surface area contributed by atoms with Crippen LogP contribution in [0.25, 0.3) is 0 Å². The van der Waals surface area contributed by atoms with E-state index in [1.165, 1.54) is 24.8 Å². The van der Waals surface area contributed by atoms with Crippen molar-refractivity contribution in [2.75, 3.05) is 5.32 Å². The number of hydrogen-bond acceptors (Lipinski definition) is 1. The number of rotatable bonds is 3. The molecule has 1 aromatic rings. The Kier molecular flexibility index (Phi) is 3.32. The minimum atomic E-state index is -0.0567. The van der Waals surface area contributed by atoms with Crippen LogP contribution in [-0.4, -0.2) is 5.91 Å². The molecule has 0 radical (unpaired) electrons. The maximum atomic E-state index is 13.1. The van der Waals surface area contributed by atoms with Gasteiger partial charge in [0.1, 0.15) is 0 Å². The Morgan fingerprint density at radius 1 is 1.05 bits per heavy atom. The number of hydrogen-bond donors (Lipinski definition) is 1. The van der Waals surface area contributed by atoms with Gasteiger partial charge in [-0.25, -0.2) is 0 Å². The van der Waals surface area contributed by atoms with Gasteiger partial charge in [0.2, 0.25) is 5.91 Å². The van der Waals surface area contributed by atoms with E-state index in [0.717, 1.165) is 42.7 Å². The highest BCUT2D eigenvalue weighted by Crippen LogP contribution is 2.60. The van der Waals surface area contributed by atoms with Crippen molar-refractivity contribution in [2.24, 2.45) is 23.2 Å². The maximum absolute atomic E-state index is 13.1. The summed E-state index contributed by atoms with van der Waals surface area (Å²) >= 11 is 0. The Morgan fingerprint density at radius 3 is 2.14 bits per heavy atom. The predicted molar refractivity (Wildman–Crippen MR) is 89.8 cm³/mol. The first kappa shape index (κ1) is 14.3. The first-order valence-corrected chi connectivity index (χ1v) is 8.96. The molecule has 5 rings (SSSR count). The fourth-order valence-corrected chi connectivity index (χ4v) is 5.76. The minimum Gasteiger partial charge on any atom is -0.325 e. The number of nitrogens with one attached hydrogen (secondary N) is 1. The van der Waals surface area contributed by atoms with E-state index in [2.05, 4.69) is 37.4 Å². The van der Waals surface area contributed by atoms with Gasteiger partial charge < -0.3 is 5.32 Å². The summed E-state index contributed by atoms with van der Waals surface area (Å²) in [5, 5.41) is 3.31. The molecule has 4 bridgehead atoms. The zero-order valence-corrected chi connectivity index (χ0v) is 13.8. The summed E-state index contributed by atoms with van der Waals surface area (Å²) in [6.07, 6.45) is 7.55. The van der Waals surface area contributed by atoms with Crippen LogP contribution in [-0.2, 0) is 4.79 Å². The van der Waals surface area contributed by atoms with Crippen LogP contribution in [0.5, 0.6) is 0 Å². The largest absolute Gasteiger partial charge is 0.325 e. The van der Waals surface area contributed by atoms with Gasteiger partial charge in [-0.2, -0.15) is 0 Å². The lowest BCUT2D eigenvalue weighted by atomic mass is 9.49. The van der Waals surface area contributed by atoms with Crippen LogP contribution in [0.1, 0.15) is 63.9 Å². The van der Waals surface area contributed by atoms with E-state index < -0.39 is 0 Å². The van der Waals surface area contributed by atoms with E-state index in [9.17, 15) is 4.79 Å². The van der Waals surface area contributed by atoms with Crippen LogP contribution in [0.3, 0.4) is 0 Å². The van der Waals surface area contributed by atoms with Gasteiger partial charge in [0.15, 0.2) is 0 Å². The molecule has 118 valence electrons. The topological polar surface area (TPSA) is 29.1 Å². The van der Waals surface area contributed by atoms with Gasteiger partial charge >= 0.3 is 0 Å². The van der Waals surface area contributed by atoms with E-state index in [-0.39, 0.29) is 5.41 Å². The number of amides is 1. The molecule has 22 heavy (non-hydrogen) atoms. The Morgan fingerprint density at radius 2 is 1.59 bits per heavy atom. The summed E-state index contributed by atoms with van der Waals surface area (Å²) in [5.41, 5.74) is 2.22. The fourth-order valence-electron chi connectivity index (χ4n) is 5.76. The molecule has 0 atom stereocenters. The lowest BCUT2D eigenvalue weighted by molar-refractivity contribution is -0.140. The van der Waals surface area contributed by atoms with Crippen molar-refractivity contribution in [1.29, 1.82) is 0 Å². The van der Waals surface area contributed by atoms with Gasteiger partial charge in [-0.3, -0.25) is 4.79 Å². The number of carbonyl (C=O) groups excluding carboxylic acids is 1. The molecule has 2 nitrogen and oxygen atoms in total. The minimum absolute atomic E-state index is 0.0567. The molecule has 2 heteroatoms. The van der Waals surface area contributed by atoms with E-state index in [1.54, 1.807) is 0 Å². The van der Waals surface area contributed by atoms with Gasteiger partial charge in [-0.05, 0) is 73.8 Å². The van der Waals surface area contributed by atoms with Crippen molar-refractivity contribution in [3.63, 3.8) is 0 Å². The number of carbonyl (C=O) groups is 1. The molecule has 1 aromatic carbocycles. The number of anilines is 1. The first-order chi connectivity index (χ1) is 10.6. The lowest BCUT2D eigenvalue weighted by Gasteiger charge is -2.55. The summed E-state index contributed by atoms with van der Waals surface area (Å²) in [6.45, 7) is 4.38. The van der Waals surface area contributed by atoms with Crippen LogP contribution >= 0.6 is 0 Å². The Balaban J connectivity index is 1.58. The van der Waals surface area contributed by atoms with Crippen LogP contribution in [0.15, 0.2) is 24.3 Å². The first-order valence-electron chi connectivity index (χ1n) is 8.96. The molecule has 4 fully saturated rings. The molecular weight excluding hydrogens is 270 g/mol. The molecule has 4 aliphatic carbocycles. The molecular formula is C20H27NO. The van der Waals surface area contributed by atoms with Crippen molar-refractivity contribution in [3.05, 3.63) is 29.8 Å². The molecule has 0 spiro atoms. The van der Waals surface area contributed by atoms with Crippen molar-refractivity contribution >= 4 is 11.6 Å². The predicted octanol–water partition coefficient (Wildman–Crippen LogP) is 4.96. The molecule has 4 saturated carbocycles. The van der Waals surface area contributed by atoms with E-state index in [0.29, 0.717) is 11.8 Å². The van der Waals surface area contributed by atoms with Crippen LogP contribution in [0, 0.1) is 23.2 Å². The Bertz CT molecular complexity index is 554. The van der Waals surface area contributed by atoms with Crippen molar-refractivity contribution in [1.82, 2.24) is 0 Å². The van der Waals surface area contributed by atoms with E-state index in [1.807, 2.05) is 6.07 Å². The highest BCUT2D eigenvalue weighted by atomic mass is 16.2.